The molecule has 0 fully saturated rings. The Kier molecular flexibility index (Phi) is 5.49. The van der Waals surface area contributed by atoms with Gasteiger partial charge in [0, 0.05) is 15.1 Å². The molecule has 0 spiro atoms. The van der Waals surface area contributed by atoms with Crippen LogP contribution in [0.2, 0.25) is 0 Å². The Morgan fingerprint density at radius 2 is 2.00 bits per heavy atom. The van der Waals surface area contributed by atoms with Crippen molar-refractivity contribution in [3.05, 3.63) is 53.0 Å². The van der Waals surface area contributed by atoms with Crippen LogP contribution in [0.3, 0.4) is 0 Å². The predicted octanol–water partition coefficient (Wildman–Crippen LogP) is 4.19. The number of amides is 1. The summed E-state index contributed by atoms with van der Waals surface area (Å²) in [5.74, 6) is 1.16. The Morgan fingerprint density at radius 1 is 1.25 bits per heavy atom. The van der Waals surface area contributed by atoms with Crippen molar-refractivity contribution in [2.75, 3.05) is 18.2 Å². The first-order valence-electron chi connectivity index (χ1n) is 5.99. The first kappa shape index (κ1) is 14.9. The summed E-state index contributed by atoms with van der Waals surface area (Å²) >= 11 is 4.86. The second-order valence-electron chi connectivity index (χ2n) is 4.02. The number of rotatable bonds is 5. The van der Waals surface area contributed by atoms with Gasteiger partial charge in [0.2, 0.25) is 5.91 Å². The zero-order valence-electron chi connectivity index (χ0n) is 10.9. The van der Waals surface area contributed by atoms with Gasteiger partial charge in [-0.3, -0.25) is 4.79 Å². The minimum absolute atomic E-state index is 0.0241. The molecule has 2 rings (SSSR count). The molecule has 2 aromatic rings. The van der Waals surface area contributed by atoms with E-state index in [0.717, 1.165) is 20.8 Å². The van der Waals surface area contributed by atoms with Crippen molar-refractivity contribution in [1.29, 1.82) is 0 Å². The van der Waals surface area contributed by atoms with E-state index in [-0.39, 0.29) is 5.91 Å². The maximum Gasteiger partial charge on any atom is 0.234 e. The highest BCUT2D eigenvalue weighted by molar-refractivity contribution is 9.10. The van der Waals surface area contributed by atoms with Gasteiger partial charge in [0.15, 0.2) is 0 Å². The average molecular weight is 352 g/mol. The van der Waals surface area contributed by atoms with Crippen LogP contribution in [-0.2, 0) is 4.79 Å². The van der Waals surface area contributed by atoms with Crippen LogP contribution in [0, 0.1) is 0 Å². The van der Waals surface area contributed by atoms with Gasteiger partial charge in [-0.25, -0.2) is 0 Å². The van der Waals surface area contributed by atoms with Gasteiger partial charge >= 0.3 is 0 Å². The number of anilines is 1. The monoisotopic (exact) mass is 351 g/mol. The Hall–Kier alpha value is -1.46. The Balaban J connectivity index is 1.85. The zero-order valence-corrected chi connectivity index (χ0v) is 13.3. The molecule has 5 heteroatoms. The lowest BCUT2D eigenvalue weighted by atomic mass is 10.3. The normalized spacial score (nSPS) is 10.1. The van der Waals surface area contributed by atoms with Gasteiger partial charge in [-0.2, -0.15) is 0 Å². The summed E-state index contributed by atoms with van der Waals surface area (Å²) in [6.45, 7) is 0. The molecule has 0 unspecified atom stereocenters. The summed E-state index contributed by atoms with van der Waals surface area (Å²) in [6.07, 6.45) is 0. The third kappa shape index (κ3) is 4.58. The largest absolute Gasteiger partial charge is 0.497 e. The molecule has 0 heterocycles. The highest BCUT2D eigenvalue weighted by Crippen LogP contribution is 2.22. The minimum Gasteiger partial charge on any atom is -0.497 e. The van der Waals surface area contributed by atoms with Crippen molar-refractivity contribution in [3.63, 3.8) is 0 Å². The summed E-state index contributed by atoms with van der Waals surface area (Å²) in [4.78, 5) is 12.9. The second kappa shape index (κ2) is 7.36. The summed E-state index contributed by atoms with van der Waals surface area (Å²) < 4.78 is 6.03. The van der Waals surface area contributed by atoms with E-state index in [1.165, 1.54) is 11.8 Å². The third-order valence-corrected chi connectivity index (χ3v) is 4.04. The van der Waals surface area contributed by atoms with Crippen LogP contribution in [0.1, 0.15) is 0 Å². The minimum atomic E-state index is -0.0241. The van der Waals surface area contributed by atoms with Crippen molar-refractivity contribution < 1.29 is 9.53 Å². The van der Waals surface area contributed by atoms with Crippen molar-refractivity contribution in [2.24, 2.45) is 0 Å². The van der Waals surface area contributed by atoms with Gasteiger partial charge in [-0.05, 0) is 42.5 Å². The van der Waals surface area contributed by atoms with Crippen LogP contribution >= 0.6 is 27.7 Å². The Bertz CT molecular complexity index is 587. The van der Waals surface area contributed by atoms with Gasteiger partial charge in [0.1, 0.15) is 5.75 Å². The number of carbonyl (C=O) groups is 1. The number of hydrogen-bond donors (Lipinski definition) is 1. The molecule has 1 N–H and O–H groups in total. The van der Waals surface area contributed by atoms with E-state index in [2.05, 4.69) is 21.2 Å². The highest BCUT2D eigenvalue weighted by atomic mass is 79.9. The van der Waals surface area contributed by atoms with Crippen LogP contribution in [-0.4, -0.2) is 18.8 Å². The SMILES string of the molecule is COc1ccc(SCC(=O)Nc2cccc(Br)c2)cc1. The molecule has 0 aliphatic rings. The number of benzene rings is 2. The molecule has 0 bridgehead atoms. The fraction of sp³-hybridized carbons (Fsp3) is 0.133. The molecule has 1 amide bonds. The number of nitrogens with one attached hydrogen (secondary N) is 1. The predicted molar refractivity (Wildman–Crippen MR) is 86.5 cm³/mol. The fourth-order valence-corrected chi connectivity index (χ4v) is 2.68. The molecule has 104 valence electrons. The van der Waals surface area contributed by atoms with Crippen LogP contribution < -0.4 is 10.1 Å². The molecule has 2 aromatic carbocycles. The number of ether oxygens (including phenoxy) is 1. The van der Waals surface area contributed by atoms with E-state index in [0.29, 0.717) is 5.75 Å². The third-order valence-electron chi connectivity index (χ3n) is 2.54. The molecular weight excluding hydrogens is 338 g/mol. The van der Waals surface area contributed by atoms with Crippen LogP contribution in [0.15, 0.2) is 57.9 Å². The van der Waals surface area contributed by atoms with Crippen LogP contribution in [0.4, 0.5) is 5.69 Å². The van der Waals surface area contributed by atoms with Gasteiger partial charge in [-0.15, -0.1) is 11.8 Å². The standard InChI is InChI=1S/C15H14BrNO2S/c1-19-13-5-7-14(8-6-13)20-10-15(18)17-12-4-2-3-11(16)9-12/h2-9H,10H2,1H3,(H,17,18). The van der Waals surface area contributed by atoms with E-state index in [9.17, 15) is 4.79 Å². The summed E-state index contributed by atoms with van der Waals surface area (Å²) in [5.41, 5.74) is 0.791. The second-order valence-corrected chi connectivity index (χ2v) is 5.99. The number of methoxy groups -OCH3 is 1. The smallest absolute Gasteiger partial charge is 0.234 e. The van der Waals surface area contributed by atoms with E-state index in [1.807, 2.05) is 48.5 Å². The lowest BCUT2D eigenvalue weighted by molar-refractivity contribution is -0.113. The Morgan fingerprint density at radius 3 is 2.65 bits per heavy atom. The van der Waals surface area contributed by atoms with Crippen LogP contribution in [0.5, 0.6) is 5.75 Å². The molecule has 0 aliphatic heterocycles. The van der Waals surface area contributed by atoms with Crippen LogP contribution in [0.25, 0.3) is 0 Å². The van der Waals surface area contributed by atoms with Crippen molar-refractivity contribution in [2.45, 2.75) is 4.90 Å². The summed E-state index contributed by atoms with van der Waals surface area (Å²) in [5, 5.41) is 2.86. The van der Waals surface area contributed by atoms with Gasteiger partial charge in [0.05, 0.1) is 12.9 Å². The van der Waals surface area contributed by atoms with E-state index in [1.54, 1.807) is 7.11 Å². The molecule has 20 heavy (non-hydrogen) atoms. The molecule has 0 aliphatic carbocycles. The molecular formula is C15H14BrNO2S. The molecule has 0 saturated heterocycles. The average Bonchev–Trinajstić information content (AvgIpc) is 2.46. The van der Waals surface area contributed by atoms with Crippen molar-refractivity contribution in [1.82, 2.24) is 0 Å². The topological polar surface area (TPSA) is 38.3 Å². The van der Waals surface area contributed by atoms with Gasteiger partial charge < -0.3 is 10.1 Å². The maximum absolute atomic E-state index is 11.8. The lowest BCUT2D eigenvalue weighted by Gasteiger charge is -2.06. The molecule has 0 atom stereocenters. The number of carbonyl (C=O) groups excluding carboxylic acids is 1. The lowest BCUT2D eigenvalue weighted by Crippen LogP contribution is -2.13. The van der Waals surface area contributed by atoms with Crippen molar-refractivity contribution >= 4 is 39.3 Å². The van der Waals surface area contributed by atoms with E-state index >= 15 is 0 Å². The maximum atomic E-state index is 11.8. The summed E-state index contributed by atoms with van der Waals surface area (Å²) in [7, 11) is 1.63. The highest BCUT2D eigenvalue weighted by Gasteiger charge is 2.04. The number of hydrogen-bond acceptors (Lipinski definition) is 3. The number of thioether (sulfide) groups is 1. The van der Waals surface area contributed by atoms with Gasteiger partial charge in [-0.1, -0.05) is 22.0 Å². The zero-order chi connectivity index (χ0) is 14.4. The first-order chi connectivity index (χ1) is 9.67. The van der Waals surface area contributed by atoms with E-state index in [4.69, 9.17) is 4.74 Å². The van der Waals surface area contributed by atoms with E-state index < -0.39 is 0 Å². The molecule has 3 nitrogen and oxygen atoms in total. The first-order valence-corrected chi connectivity index (χ1v) is 7.77. The number of halogens is 1. The molecule has 0 radical (unpaired) electrons. The quantitative estimate of drug-likeness (QED) is 0.820. The van der Waals surface area contributed by atoms with Gasteiger partial charge in [0.25, 0.3) is 0 Å². The molecule has 0 saturated carbocycles. The molecule has 0 aromatic heterocycles. The van der Waals surface area contributed by atoms with Crippen molar-refractivity contribution in [3.8, 4) is 5.75 Å². The summed E-state index contributed by atoms with van der Waals surface area (Å²) in [6, 6.07) is 15.2. The Labute approximate surface area is 130 Å². The fourth-order valence-electron chi connectivity index (χ4n) is 1.58.